The van der Waals surface area contributed by atoms with E-state index in [0.717, 1.165) is 16.9 Å². The number of hydrogen-bond donors (Lipinski definition) is 2. The molecule has 0 spiro atoms. The molecule has 1 aromatic heterocycles. The number of amides is 2. The summed E-state index contributed by atoms with van der Waals surface area (Å²) < 4.78 is 4.48. The van der Waals surface area contributed by atoms with E-state index in [1.165, 1.54) is 12.7 Å². The predicted molar refractivity (Wildman–Crippen MR) is 93.9 cm³/mol. The molecule has 0 aliphatic rings. The summed E-state index contributed by atoms with van der Waals surface area (Å²) in [5.74, 6) is -0.367. The molecule has 2 aromatic rings. The summed E-state index contributed by atoms with van der Waals surface area (Å²) in [6.45, 7) is 3.90. The highest BCUT2D eigenvalue weighted by Gasteiger charge is 2.26. The van der Waals surface area contributed by atoms with Gasteiger partial charge in [0.1, 0.15) is 6.04 Å². The van der Waals surface area contributed by atoms with Gasteiger partial charge < -0.3 is 10.1 Å². The monoisotopic (exact) mass is 347 g/mol. The van der Waals surface area contributed by atoms with Gasteiger partial charge in [-0.3, -0.25) is 10.1 Å². The summed E-state index contributed by atoms with van der Waals surface area (Å²) in [5, 5.41) is 6.21. The van der Waals surface area contributed by atoms with Crippen molar-refractivity contribution < 1.29 is 19.6 Å². The third kappa shape index (κ3) is 4.66. The highest BCUT2D eigenvalue weighted by molar-refractivity contribution is 7.10. The van der Waals surface area contributed by atoms with Gasteiger partial charge in [-0.2, -0.15) is 0 Å². The van der Waals surface area contributed by atoms with Gasteiger partial charge in [0.25, 0.3) is 5.91 Å². The van der Waals surface area contributed by atoms with Gasteiger partial charge in [-0.15, -0.1) is 11.3 Å². The number of thiophene rings is 1. The van der Waals surface area contributed by atoms with Gasteiger partial charge in [0, 0.05) is 5.56 Å². The zero-order valence-electron chi connectivity index (χ0n) is 14.1. The number of nitrogens with one attached hydrogen (secondary N) is 1. The Kier molecular flexibility index (Phi) is 6.52. The number of ether oxygens (including phenoxy) is 1. The molecule has 2 amide bonds. The number of methoxy groups -OCH3 is 1. The zero-order chi connectivity index (χ0) is 17.5. The highest BCUT2D eigenvalue weighted by atomic mass is 32.1. The van der Waals surface area contributed by atoms with Crippen molar-refractivity contribution in [2.45, 2.75) is 32.4 Å². The Balaban J connectivity index is 2.17. The fraction of sp³-hybridized carbons (Fsp3) is 0.333. The molecule has 2 rings (SSSR count). The summed E-state index contributed by atoms with van der Waals surface area (Å²) >= 11 is 1.65. The van der Waals surface area contributed by atoms with Crippen molar-refractivity contribution in [3.63, 3.8) is 0 Å². The second kappa shape index (κ2) is 8.61. The van der Waals surface area contributed by atoms with Gasteiger partial charge in [0.2, 0.25) is 0 Å². The van der Waals surface area contributed by atoms with Crippen molar-refractivity contribution in [3.8, 4) is 0 Å². The lowest BCUT2D eigenvalue weighted by Crippen LogP contribution is -2.92. The van der Waals surface area contributed by atoms with Crippen LogP contribution in [0, 0.1) is 0 Å². The van der Waals surface area contributed by atoms with Crippen LogP contribution < -0.4 is 10.6 Å². The number of carbonyl (C=O) groups excluding carboxylic acids is 2. The van der Waals surface area contributed by atoms with E-state index in [4.69, 9.17) is 0 Å². The zero-order valence-corrected chi connectivity index (χ0v) is 14.9. The molecule has 6 heteroatoms. The Bertz CT molecular complexity index is 668. The van der Waals surface area contributed by atoms with Crippen LogP contribution in [-0.2, 0) is 16.0 Å². The lowest BCUT2D eigenvalue weighted by molar-refractivity contribution is -0.704. The molecule has 128 valence electrons. The van der Waals surface area contributed by atoms with Gasteiger partial charge in [-0.1, -0.05) is 37.3 Å². The Labute approximate surface area is 146 Å². The minimum absolute atomic E-state index is 0.00861. The number of quaternary nitrogens is 1. The van der Waals surface area contributed by atoms with Crippen molar-refractivity contribution >= 4 is 23.3 Å². The van der Waals surface area contributed by atoms with E-state index >= 15 is 0 Å². The lowest BCUT2D eigenvalue weighted by atomic mass is 10.0. The van der Waals surface area contributed by atoms with Gasteiger partial charge in [-0.25, -0.2) is 4.79 Å². The maximum atomic E-state index is 12.1. The molecule has 1 aromatic carbocycles. The van der Waals surface area contributed by atoms with Crippen LogP contribution in [0.1, 0.15) is 35.9 Å². The average Bonchev–Trinajstić information content (AvgIpc) is 3.13. The van der Waals surface area contributed by atoms with Crippen LogP contribution in [0.25, 0.3) is 0 Å². The number of benzene rings is 1. The van der Waals surface area contributed by atoms with Crippen LogP contribution in [0.2, 0.25) is 0 Å². The van der Waals surface area contributed by atoms with Crippen molar-refractivity contribution in [2.24, 2.45) is 0 Å². The van der Waals surface area contributed by atoms with Crippen molar-refractivity contribution in [1.82, 2.24) is 5.32 Å². The number of hydrogen-bond acceptors (Lipinski definition) is 4. The van der Waals surface area contributed by atoms with Crippen molar-refractivity contribution in [1.29, 1.82) is 0 Å². The molecule has 0 fully saturated rings. The van der Waals surface area contributed by atoms with Gasteiger partial charge in [-0.05, 0) is 30.4 Å². The van der Waals surface area contributed by atoms with E-state index in [2.05, 4.69) is 47.3 Å². The van der Waals surface area contributed by atoms with Crippen LogP contribution in [0.4, 0.5) is 4.79 Å². The number of nitrogens with two attached hydrogens (primary N) is 1. The van der Waals surface area contributed by atoms with E-state index in [9.17, 15) is 9.59 Å². The van der Waals surface area contributed by atoms with Gasteiger partial charge in [0.15, 0.2) is 6.04 Å². The van der Waals surface area contributed by atoms with Gasteiger partial charge in [0.05, 0.1) is 12.0 Å². The number of imide groups is 1. The molecule has 24 heavy (non-hydrogen) atoms. The summed E-state index contributed by atoms with van der Waals surface area (Å²) in [6, 6.07) is 12.1. The van der Waals surface area contributed by atoms with E-state index in [0.29, 0.717) is 0 Å². The first-order valence-electron chi connectivity index (χ1n) is 7.91. The highest BCUT2D eigenvalue weighted by Crippen LogP contribution is 2.23. The fourth-order valence-electron chi connectivity index (χ4n) is 2.44. The smallest absolute Gasteiger partial charge is 0.413 e. The van der Waals surface area contributed by atoms with Crippen LogP contribution in [0.5, 0.6) is 0 Å². The van der Waals surface area contributed by atoms with E-state index in [1.807, 2.05) is 16.8 Å². The molecule has 0 saturated carbocycles. The molecular formula is C18H23N2O3S+. The molecule has 5 nitrogen and oxygen atoms in total. The van der Waals surface area contributed by atoms with Crippen LogP contribution in [0.3, 0.4) is 0 Å². The number of carbonyl (C=O) groups is 2. The Morgan fingerprint density at radius 1 is 1.25 bits per heavy atom. The largest absolute Gasteiger partial charge is 0.453 e. The second-order valence-electron chi connectivity index (χ2n) is 5.55. The number of aryl methyl sites for hydroxylation is 1. The molecule has 0 saturated heterocycles. The summed E-state index contributed by atoms with van der Waals surface area (Å²) in [5.41, 5.74) is 2.41. The lowest BCUT2D eigenvalue weighted by Gasteiger charge is -2.19. The molecule has 0 radical (unpaired) electrons. The third-order valence-corrected chi connectivity index (χ3v) is 4.86. The summed E-state index contributed by atoms with van der Waals surface area (Å²) in [4.78, 5) is 24.5. The molecule has 0 bridgehead atoms. The maximum Gasteiger partial charge on any atom is 0.413 e. The third-order valence-electron chi connectivity index (χ3n) is 3.90. The maximum absolute atomic E-state index is 12.1. The van der Waals surface area contributed by atoms with E-state index in [-0.39, 0.29) is 11.9 Å². The molecule has 2 atom stereocenters. The van der Waals surface area contributed by atoms with Crippen LogP contribution in [-0.4, -0.2) is 25.2 Å². The number of alkyl carbamates (subject to hydrolysis) is 1. The predicted octanol–water partition coefficient (Wildman–Crippen LogP) is 2.23. The fourth-order valence-corrected chi connectivity index (χ4v) is 3.27. The molecule has 3 N–H and O–H groups in total. The first kappa shape index (κ1) is 18.2. The summed E-state index contributed by atoms with van der Waals surface area (Å²) in [6.07, 6.45) is 0.256. The topological polar surface area (TPSA) is 72.0 Å². The second-order valence-corrected chi connectivity index (χ2v) is 6.53. The standard InChI is InChI=1S/C18H22N2O3S/c1-4-13-7-9-14(10-8-13)16(15-6-5-11-24-15)19-12(2)17(21)20-18(22)23-3/h5-12,16,19H,4H2,1-3H3,(H,20,21,22)/p+1/t12-,16-/m0/s1. The first-order valence-corrected chi connectivity index (χ1v) is 8.79. The molecule has 0 unspecified atom stereocenters. The normalized spacial score (nSPS) is 13.1. The Morgan fingerprint density at radius 3 is 2.50 bits per heavy atom. The first-order chi connectivity index (χ1) is 11.5. The SMILES string of the molecule is CCc1ccc([C@H]([NH2+][C@@H](C)C(=O)NC(=O)OC)c2cccs2)cc1. The van der Waals surface area contributed by atoms with E-state index in [1.54, 1.807) is 18.3 Å². The molecule has 1 heterocycles. The summed E-state index contributed by atoms with van der Waals surface area (Å²) in [7, 11) is 1.24. The number of rotatable bonds is 6. The quantitative estimate of drug-likeness (QED) is 0.842. The van der Waals surface area contributed by atoms with Crippen molar-refractivity contribution in [3.05, 3.63) is 57.8 Å². The Hall–Kier alpha value is -2.18. The van der Waals surface area contributed by atoms with Crippen molar-refractivity contribution in [2.75, 3.05) is 7.11 Å². The molecule has 0 aliphatic carbocycles. The van der Waals surface area contributed by atoms with Gasteiger partial charge >= 0.3 is 6.09 Å². The molecule has 0 aliphatic heterocycles. The minimum atomic E-state index is -0.736. The molecular weight excluding hydrogens is 324 g/mol. The van der Waals surface area contributed by atoms with Crippen LogP contribution in [0.15, 0.2) is 41.8 Å². The average molecular weight is 347 g/mol. The van der Waals surface area contributed by atoms with Crippen LogP contribution >= 0.6 is 11.3 Å². The minimum Gasteiger partial charge on any atom is -0.453 e. The van der Waals surface area contributed by atoms with E-state index < -0.39 is 12.1 Å². The Morgan fingerprint density at radius 2 is 1.96 bits per heavy atom.